The van der Waals surface area contributed by atoms with Gasteiger partial charge in [0.25, 0.3) is 0 Å². The minimum Gasteiger partial charge on any atom is -0.435 e. The van der Waals surface area contributed by atoms with Crippen molar-refractivity contribution in [1.29, 1.82) is 0 Å². The largest absolute Gasteiger partial charge is 0.435 e. The van der Waals surface area contributed by atoms with Crippen LogP contribution in [0.25, 0.3) is 88.3 Å². The number of hydrogen-bond donors (Lipinski definition) is 0. The van der Waals surface area contributed by atoms with E-state index in [4.69, 9.17) is 28.6 Å². The molecule has 0 radical (unpaired) electrons. The number of hydrogen-bond acceptors (Lipinski definition) is 16. The predicted octanol–water partition coefficient (Wildman–Crippen LogP) is 19.6. The lowest BCUT2D eigenvalue weighted by Crippen LogP contribution is -2.39. The van der Waals surface area contributed by atoms with Gasteiger partial charge in [-0.2, -0.15) is 0 Å². The average Bonchev–Trinajstić information content (AvgIpc) is 1.57. The zero-order valence-corrected chi connectivity index (χ0v) is 57.3. The molecule has 0 spiro atoms. The molecule has 4 unspecified atom stereocenters. The monoisotopic (exact) mass is 1290 g/mol. The number of anilines is 6. The fourth-order valence-corrected chi connectivity index (χ4v) is 14.0. The van der Waals surface area contributed by atoms with Gasteiger partial charge in [-0.1, -0.05) is 60.7 Å². The third-order valence-corrected chi connectivity index (χ3v) is 19.1. The second-order valence-electron chi connectivity index (χ2n) is 26.0. The number of furan rings is 4. The summed E-state index contributed by atoms with van der Waals surface area (Å²) in [6.45, 7) is 27.2. The second kappa shape index (κ2) is 24.4. The number of benzene rings is 5. The summed E-state index contributed by atoms with van der Waals surface area (Å²) in [5.41, 5.74) is 19.1. The summed E-state index contributed by atoms with van der Waals surface area (Å²) in [5, 5.41) is 8.11. The number of aromatic nitrogens is 4. The third kappa shape index (κ3) is 10.6. The van der Waals surface area contributed by atoms with E-state index in [2.05, 4.69) is 105 Å². The van der Waals surface area contributed by atoms with E-state index in [-0.39, 0.29) is 18.5 Å². The number of rotatable bonds is 6. The van der Waals surface area contributed by atoms with Gasteiger partial charge >= 0.3 is 0 Å². The maximum atomic E-state index is 8.35. The van der Waals surface area contributed by atoms with Crippen molar-refractivity contribution in [3.63, 3.8) is 0 Å². The summed E-state index contributed by atoms with van der Waals surface area (Å²) in [5.74, 6) is 0. The van der Waals surface area contributed by atoms with Crippen molar-refractivity contribution in [2.24, 2.45) is 0 Å². The molecule has 0 amide bonds. The molecule has 5 aromatic carbocycles. The molecule has 16 heteroatoms. The lowest BCUT2D eigenvalue weighted by Gasteiger charge is -2.33. The number of nitrogens with zero attached hydrogens (tertiary/aromatic N) is 12. The van der Waals surface area contributed by atoms with Crippen LogP contribution in [0.1, 0.15) is 111 Å². The first kappa shape index (κ1) is 53.8. The van der Waals surface area contributed by atoms with Gasteiger partial charge in [-0.15, -0.1) is 0 Å². The van der Waals surface area contributed by atoms with Gasteiger partial charge in [0.1, 0.15) is 24.7 Å². The zero-order chi connectivity index (χ0) is 74.3. The van der Waals surface area contributed by atoms with Crippen LogP contribution in [-0.4, -0.2) is 85.3 Å². The van der Waals surface area contributed by atoms with Crippen LogP contribution >= 0.6 is 0 Å². The molecule has 16 nitrogen and oxygen atoms in total. The van der Waals surface area contributed by atoms with Crippen LogP contribution in [0.15, 0.2) is 176 Å². The van der Waals surface area contributed by atoms with E-state index in [1.165, 1.54) is 9.80 Å². The van der Waals surface area contributed by atoms with E-state index < -0.39 is 32.2 Å². The van der Waals surface area contributed by atoms with Crippen molar-refractivity contribution >= 4 is 122 Å². The Morgan fingerprint density at radius 3 is 1.01 bits per heavy atom. The van der Waals surface area contributed by atoms with Crippen molar-refractivity contribution in [3.8, 4) is 0 Å². The Kier molecular flexibility index (Phi) is 13.7. The van der Waals surface area contributed by atoms with Crippen molar-refractivity contribution in [3.05, 3.63) is 204 Å². The average molecular weight is 1290 g/mol. The van der Waals surface area contributed by atoms with Crippen molar-refractivity contribution in [1.82, 2.24) is 34.6 Å². The molecular formula is C80H86N12O4. The molecule has 12 heterocycles. The Labute approximate surface area is 572 Å². The fraction of sp³-hybridized carbons (Fsp3) is 0.300. The fourth-order valence-electron chi connectivity index (χ4n) is 14.0. The summed E-state index contributed by atoms with van der Waals surface area (Å²) >= 11 is 0. The van der Waals surface area contributed by atoms with Gasteiger partial charge in [-0.25, -0.2) is 19.9 Å². The van der Waals surface area contributed by atoms with Crippen molar-refractivity contribution in [2.45, 2.75) is 147 Å². The van der Waals surface area contributed by atoms with E-state index in [9.17, 15) is 0 Å². The van der Waals surface area contributed by atoms with Gasteiger partial charge in [0, 0.05) is 137 Å². The van der Waals surface area contributed by atoms with E-state index in [1.54, 1.807) is 12.4 Å². The summed E-state index contributed by atoms with van der Waals surface area (Å²) in [7, 11) is 0. The van der Waals surface area contributed by atoms with E-state index in [1.807, 2.05) is 201 Å². The third-order valence-electron chi connectivity index (χ3n) is 19.1. The quantitative estimate of drug-likeness (QED) is 0.156. The summed E-state index contributed by atoms with van der Waals surface area (Å²) < 4.78 is 88.6. The molecule has 4 aliphatic rings. The summed E-state index contributed by atoms with van der Waals surface area (Å²) in [6.07, 6.45) is 10.8. The summed E-state index contributed by atoms with van der Waals surface area (Å²) in [4.78, 5) is 33.4. The molecule has 17 rings (SSSR count). The Balaban J connectivity index is 0.000000117. The topological polar surface area (TPSA) is 130 Å². The number of para-hydroxylation sites is 2. The van der Waals surface area contributed by atoms with Crippen molar-refractivity contribution < 1.29 is 28.6 Å². The van der Waals surface area contributed by atoms with Gasteiger partial charge in [-0.05, 0) is 194 Å². The highest BCUT2D eigenvalue weighted by molar-refractivity contribution is 6.12. The van der Waals surface area contributed by atoms with Gasteiger partial charge in [0.05, 0.1) is 36.9 Å². The molecule has 96 heavy (non-hydrogen) atoms. The number of pyridine rings is 4. The summed E-state index contributed by atoms with van der Waals surface area (Å²) in [6, 6.07) is 39.0. The van der Waals surface area contributed by atoms with Gasteiger partial charge in [0.15, 0.2) is 22.3 Å². The normalized spacial score (nSPS) is 19.3. The van der Waals surface area contributed by atoms with Crippen LogP contribution in [0, 0.1) is 55.4 Å². The highest BCUT2D eigenvalue weighted by atomic mass is 16.4. The van der Waals surface area contributed by atoms with Gasteiger partial charge in [-0.3, -0.25) is 0 Å². The predicted molar refractivity (Wildman–Crippen MR) is 395 cm³/mol. The molecule has 0 saturated heterocycles. The Morgan fingerprint density at radius 1 is 0.354 bits per heavy atom. The molecule has 0 bridgehead atoms. The van der Waals surface area contributed by atoms with Gasteiger partial charge < -0.3 is 56.9 Å². The van der Waals surface area contributed by atoms with Crippen LogP contribution < -0.4 is 24.5 Å². The smallest absolute Gasteiger partial charge is 0.227 e. The minimum absolute atomic E-state index is 0.0414. The van der Waals surface area contributed by atoms with E-state index in [0.717, 1.165) is 139 Å². The molecule has 4 atom stereocenters. The Hall–Kier alpha value is -10.5. The van der Waals surface area contributed by atoms with E-state index in [0.29, 0.717) is 28.5 Å². The van der Waals surface area contributed by atoms with Crippen LogP contribution in [0.5, 0.6) is 0 Å². The Morgan fingerprint density at radius 2 is 0.677 bits per heavy atom. The molecule has 0 N–H and O–H groups in total. The lowest BCUT2D eigenvalue weighted by atomic mass is 10.1. The van der Waals surface area contributed by atoms with E-state index >= 15 is 0 Å². The first-order valence-electron chi connectivity index (χ1n) is 36.7. The Bertz CT molecular complexity index is 5250. The molecule has 490 valence electrons. The highest BCUT2D eigenvalue weighted by Gasteiger charge is 2.35. The molecule has 8 aromatic heterocycles. The standard InChI is InChI=1S/C22H21N3O.2C20H23N3O.C18H19N3O/c1-13-9-11-16-17-12-10-14(2)23-22(17)26-21(16)20(13)25-15(3)24(4)18-7-5-6-8-19(18)25;2*1-12(2)22-10-11-23(15(22)5)18-13(3)6-8-16-17-9-7-14(4)21-20(17)24-19(16)18;1-11-5-7-14-15-8-6-12(2)19-18(15)22-17(14)16(11)21-10-9-20(4)13(21)3/h5-12,15H,1-4H3;2*6-12,15H,1-5H3;5-10,13H,1-4H3/i4D3;2*12D;4D3. The number of aryl methyl sites for hydroxylation is 8. The van der Waals surface area contributed by atoms with Crippen LogP contribution in [0.3, 0.4) is 0 Å². The van der Waals surface area contributed by atoms with Crippen LogP contribution in [0.2, 0.25) is 0 Å². The molecule has 4 aliphatic heterocycles. The highest BCUT2D eigenvalue weighted by Crippen LogP contribution is 2.49. The molecule has 0 fully saturated rings. The molecule has 0 aliphatic carbocycles. The molecule has 0 saturated carbocycles. The molecular weight excluding hydrogens is 1190 g/mol. The SMILES string of the molecule is [2H]C(C)(C)N1C=CN(c2c(C)ccc3c2oc2nc(C)ccc23)C1C.[2H]C(C)(C)N1C=CN(c2c(C)ccc3c2oc2nc(C)ccc23)C1C.[2H]C([2H])([2H])N1C=CN(c2c(C)ccc3c2oc2nc(C)ccc23)C1C.[2H]C([2H])([2H])N1c2ccccc2N(c2c(C)ccc3c2oc2nc(C)ccc23)C1C. The lowest BCUT2D eigenvalue weighted by molar-refractivity contribution is 0.263. The first-order valence-corrected chi connectivity index (χ1v) is 32.7. The molecule has 13 aromatic rings. The maximum absolute atomic E-state index is 8.35. The maximum Gasteiger partial charge on any atom is 0.227 e. The number of fused-ring (bicyclic) bond motifs is 13. The first-order chi connectivity index (χ1) is 49.1. The van der Waals surface area contributed by atoms with Crippen LogP contribution in [-0.2, 0) is 0 Å². The minimum atomic E-state index is -2.25. The van der Waals surface area contributed by atoms with Gasteiger partial charge in [0.2, 0.25) is 22.9 Å². The second-order valence-corrected chi connectivity index (χ2v) is 26.0. The zero-order valence-electron chi connectivity index (χ0n) is 65.3. The van der Waals surface area contributed by atoms with Crippen molar-refractivity contribution in [2.75, 3.05) is 38.5 Å². The van der Waals surface area contributed by atoms with Crippen LogP contribution in [0.4, 0.5) is 34.1 Å².